The highest BCUT2D eigenvalue weighted by Gasteiger charge is 2.43. The van der Waals surface area contributed by atoms with Crippen molar-refractivity contribution in [3.8, 4) is 0 Å². The Balaban J connectivity index is 1.80. The van der Waals surface area contributed by atoms with E-state index in [-0.39, 0.29) is 5.41 Å². The molecule has 6 heteroatoms. The number of thioether (sulfide) groups is 2. The van der Waals surface area contributed by atoms with Crippen molar-refractivity contribution in [1.82, 2.24) is 10.1 Å². The number of nitrogens with two attached hydrogens (primary N) is 1. The Morgan fingerprint density at radius 2 is 2.17 bits per heavy atom. The van der Waals surface area contributed by atoms with Gasteiger partial charge in [0.05, 0.1) is 10.7 Å². The Labute approximate surface area is 116 Å². The summed E-state index contributed by atoms with van der Waals surface area (Å²) < 4.78 is 5.50. The van der Waals surface area contributed by atoms with Crippen molar-refractivity contribution in [2.24, 2.45) is 5.73 Å². The third-order valence-corrected chi connectivity index (χ3v) is 7.13. The minimum absolute atomic E-state index is 0.0129. The van der Waals surface area contributed by atoms with Gasteiger partial charge in [0.25, 0.3) is 0 Å². The predicted octanol–water partition coefficient (Wildman–Crippen LogP) is 2.36. The molecule has 0 amide bonds. The summed E-state index contributed by atoms with van der Waals surface area (Å²) in [6.45, 7) is 2.87. The van der Waals surface area contributed by atoms with Crippen LogP contribution in [0.3, 0.4) is 0 Å². The molecule has 0 aromatic carbocycles. The van der Waals surface area contributed by atoms with Crippen molar-refractivity contribution in [3.63, 3.8) is 0 Å². The molecule has 1 saturated carbocycles. The number of rotatable bonds is 3. The molecule has 0 bridgehead atoms. The molecule has 1 aliphatic heterocycles. The lowest BCUT2D eigenvalue weighted by Crippen LogP contribution is -2.41. The molecule has 1 aromatic heterocycles. The van der Waals surface area contributed by atoms with Crippen LogP contribution in [0.15, 0.2) is 4.52 Å². The highest BCUT2D eigenvalue weighted by molar-refractivity contribution is 8.06. The van der Waals surface area contributed by atoms with E-state index in [9.17, 15) is 0 Å². The fraction of sp³-hybridized carbons (Fsp3) is 0.833. The van der Waals surface area contributed by atoms with Crippen LogP contribution in [-0.4, -0.2) is 33.4 Å². The molecule has 1 saturated heterocycles. The van der Waals surface area contributed by atoms with Crippen molar-refractivity contribution >= 4 is 23.5 Å². The van der Waals surface area contributed by atoms with Crippen molar-refractivity contribution in [2.75, 3.05) is 18.1 Å². The summed E-state index contributed by atoms with van der Waals surface area (Å²) >= 11 is 3.94. The van der Waals surface area contributed by atoms with Gasteiger partial charge in [-0.1, -0.05) is 18.5 Å². The second-order valence-corrected chi connectivity index (χ2v) is 7.90. The normalized spacial score (nSPS) is 31.0. The number of hydrogen-bond acceptors (Lipinski definition) is 6. The summed E-state index contributed by atoms with van der Waals surface area (Å²) in [5.74, 6) is 4.04. The van der Waals surface area contributed by atoms with Crippen LogP contribution in [-0.2, 0) is 5.41 Å². The minimum atomic E-state index is -0.0129. The Morgan fingerprint density at radius 1 is 1.39 bits per heavy atom. The van der Waals surface area contributed by atoms with E-state index in [4.69, 9.17) is 10.3 Å². The van der Waals surface area contributed by atoms with Gasteiger partial charge in [-0.3, -0.25) is 0 Å². The maximum Gasteiger partial charge on any atom is 0.234 e. The molecule has 0 radical (unpaired) electrons. The highest BCUT2D eigenvalue weighted by atomic mass is 32.2. The van der Waals surface area contributed by atoms with E-state index in [0.717, 1.165) is 24.6 Å². The van der Waals surface area contributed by atoms with Gasteiger partial charge in [0, 0.05) is 23.3 Å². The third kappa shape index (κ3) is 2.08. The molecule has 2 unspecified atom stereocenters. The Bertz CT molecular complexity index is 414. The maximum absolute atomic E-state index is 5.88. The SMILES string of the molecule is CC1SCCSC1c1noc(C2(CN)CCC2)n1. The topological polar surface area (TPSA) is 64.9 Å². The predicted molar refractivity (Wildman–Crippen MR) is 76.0 cm³/mol. The second kappa shape index (κ2) is 5.06. The summed E-state index contributed by atoms with van der Waals surface area (Å²) in [6, 6.07) is 0. The van der Waals surface area contributed by atoms with Gasteiger partial charge in [0.1, 0.15) is 0 Å². The van der Waals surface area contributed by atoms with E-state index < -0.39 is 0 Å². The summed E-state index contributed by atoms with van der Waals surface area (Å²) in [7, 11) is 0. The number of aromatic nitrogens is 2. The maximum atomic E-state index is 5.88. The molecule has 2 N–H and O–H groups in total. The van der Waals surface area contributed by atoms with Crippen molar-refractivity contribution in [3.05, 3.63) is 11.7 Å². The zero-order valence-electron chi connectivity index (χ0n) is 10.6. The van der Waals surface area contributed by atoms with Crippen molar-refractivity contribution < 1.29 is 4.52 Å². The van der Waals surface area contributed by atoms with Crippen LogP contribution in [0.1, 0.15) is 43.2 Å². The molecular formula is C12H19N3OS2. The van der Waals surface area contributed by atoms with Gasteiger partial charge in [0.15, 0.2) is 5.82 Å². The van der Waals surface area contributed by atoms with E-state index in [1.165, 1.54) is 17.9 Å². The molecule has 4 nitrogen and oxygen atoms in total. The number of nitrogens with zero attached hydrogens (tertiary/aromatic N) is 2. The van der Waals surface area contributed by atoms with Gasteiger partial charge in [-0.15, -0.1) is 11.8 Å². The van der Waals surface area contributed by atoms with E-state index in [1.54, 1.807) is 0 Å². The first-order valence-electron chi connectivity index (χ1n) is 6.52. The zero-order valence-corrected chi connectivity index (χ0v) is 12.2. The molecule has 2 heterocycles. The van der Waals surface area contributed by atoms with Gasteiger partial charge >= 0.3 is 0 Å². The second-order valence-electron chi connectivity index (χ2n) is 5.16. The number of hydrogen-bond donors (Lipinski definition) is 1. The first-order valence-corrected chi connectivity index (χ1v) is 8.62. The molecule has 0 spiro atoms. The zero-order chi connectivity index (χ0) is 12.6. The average Bonchev–Trinajstić information content (AvgIpc) is 2.79. The quantitative estimate of drug-likeness (QED) is 0.919. The smallest absolute Gasteiger partial charge is 0.234 e. The lowest BCUT2D eigenvalue weighted by Gasteiger charge is -2.37. The Morgan fingerprint density at radius 3 is 2.78 bits per heavy atom. The van der Waals surface area contributed by atoms with E-state index in [1.807, 2.05) is 23.5 Å². The van der Waals surface area contributed by atoms with Gasteiger partial charge in [0.2, 0.25) is 5.89 Å². The summed E-state index contributed by atoms with van der Waals surface area (Å²) in [4.78, 5) is 4.66. The largest absolute Gasteiger partial charge is 0.339 e. The van der Waals surface area contributed by atoms with Gasteiger partial charge in [-0.05, 0) is 12.8 Å². The monoisotopic (exact) mass is 285 g/mol. The third-order valence-electron chi connectivity index (χ3n) is 4.04. The lowest BCUT2D eigenvalue weighted by atomic mass is 9.69. The first-order chi connectivity index (χ1) is 8.75. The lowest BCUT2D eigenvalue weighted by molar-refractivity contribution is 0.181. The van der Waals surface area contributed by atoms with E-state index >= 15 is 0 Å². The Kier molecular flexibility index (Phi) is 3.60. The van der Waals surface area contributed by atoms with Crippen LogP contribution in [0, 0.1) is 0 Å². The molecule has 2 aliphatic rings. The molecule has 2 atom stereocenters. The summed E-state index contributed by atoms with van der Waals surface area (Å²) in [5.41, 5.74) is 5.87. The standard InChI is InChI=1S/C12H19N3OS2/c1-8-9(18-6-5-17-8)10-14-11(16-15-10)12(7-13)3-2-4-12/h8-9H,2-7,13H2,1H3. The minimum Gasteiger partial charge on any atom is -0.339 e. The van der Waals surface area contributed by atoms with E-state index in [0.29, 0.717) is 17.0 Å². The van der Waals surface area contributed by atoms with Crippen LogP contribution in [0.2, 0.25) is 0 Å². The highest BCUT2D eigenvalue weighted by Crippen LogP contribution is 2.45. The van der Waals surface area contributed by atoms with Crippen molar-refractivity contribution in [1.29, 1.82) is 0 Å². The molecular weight excluding hydrogens is 266 g/mol. The molecule has 3 rings (SSSR count). The van der Waals surface area contributed by atoms with Crippen LogP contribution >= 0.6 is 23.5 Å². The van der Waals surface area contributed by atoms with Crippen LogP contribution in [0.5, 0.6) is 0 Å². The fourth-order valence-electron chi connectivity index (χ4n) is 2.59. The van der Waals surface area contributed by atoms with Crippen LogP contribution in [0.25, 0.3) is 0 Å². The fourth-order valence-corrected chi connectivity index (χ4v) is 5.27. The molecule has 100 valence electrons. The average molecular weight is 285 g/mol. The Hall–Kier alpha value is -0.200. The molecule has 1 aliphatic carbocycles. The van der Waals surface area contributed by atoms with Gasteiger partial charge < -0.3 is 10.3 Å². The molecule has 18 heavy (non-hydrogen) atoms. The van der Waals surface area contributed by atoms with Crippen LogP contribution < -0.4 is 5.73 Å². The molecule has 2 fully saturated rings. The van der Waals surface area contributed by atoms with Crippen molar-refractivity contribution in [2.45, 2.75) is 42.1 Å². The van der Waals surface area contributed by atoms with Crippen LogP contribution in [0.4, 0.5) is 0 Å². The first kappa shape index (κ1) is 12.8. The van der Waals surface area contributed by atoms with Gasteiger partial charge in [-0.25, -0.2) is 0 Å². The summed E-state index contributed by atoms with van der Waals surface area (Å²) in [6.07, 6.45) is 3.40. The summed E-state index contributed by atoms with van der Waals surface area (Å²) in [5, 5.41) is 5.14. The molecule has 1 aromatic rings. The van der Waals surface area contributed by atoms with Gasteiger partial charge in [-0.2, -0.15) is 16.7 Å². The van der Waals surface area contributed by atoms with E-state index in [2.05, 4.69) is 17.1 Å².